The molecule has 1 N–H and O–H groups in total. The van der Waals surface area contributed by atoms with Crippen molar-refractivity contribution < 1.29 is 0 Å². The fourth-order valence-electron chi connectivity index (χ4n) is 2.19. The predicted octanol–water partition coefficient (Wildman–Crippen LogP) is 1.43. The fourth-order valence-corrected chi connectivity index (χ4v) is 2.19. The molecule has 0 atom stereocenters. The van der Waals surface area contributed by atoms with E-state index in [1.54, 1.807) is 12.4 Å². The molecule has 1 aliphatic rings. The van der Waals surface area contributed by atoms with Gasteiger partial charge in [0, 0.05) is 37.1 Å². The van der Waals surface area contributed by atoms with E-state index in [2.05, 4.69) is 19.9 Å². The van der Waals surface area contributed by atoms with Crippen molar-refractivity contribution in [2.45, 2.75) is 12.8 Å². The van der Waals surface area contributed by atoms with Crippen LogP contribution in [0.1, 0.15) is 12.8 Å². The van der Waals surface area contributed by atoms with Crippen molar-refractivity contribution in [1.29, 1.82) is 0 Å². The molecule has 0 aromatic carbocycles. The molecule has 2 aromatic rings. The molecule has 0 saturated carbocycles. The first kappa shape index (κ1) is 11.0. The summed E-state index contributed by atoms with van der Waals surface area (Å²) in [5, 5.41) is 0. The normalized spacial score (nSPS) is 15.0. The highest BCUT2D eigenvalue weighted by Gasteiger charge is 2.15. The van der Waals surface area contributed by atoms with E-state index in [1.807, 2.05) is 12.1 Å². The summed E-state index contributed by atoms with van der Waals surface area (Å²) in [5.74, 6) is 0.666. The molecular formula is C13H14N4O. The second kappa shape index (κ2) is 4.60. The van der Waals surface area contributed by atoms with Crippen LogP contribution in [0.2, 0.25) is 0 Å². The lowest BCUT2D eigenvalue weighted by molar-refractivity contribution is 0.891. The number of hydrogen-bond donors (Lipinski definition) is 1. The van der Waals surface area contributed by atoms with Gasteiger partial charge in [-0.15, -0.1) is 0 Å². The minimum Gasteiger partial charge on any atom is -0.342 e. The third kappa shape index (κ3) is 2.11. The number of aromatic nitrogens is 3. The number of nitrogens with zero attached hydrogens (tertiary/aromatic N) is 3. The number of hydrogen-bond acceptors (Lipinski definition) is 4. The van der Waals surface area contributed by atoms with Gasteiger partial charge in [0.05, 0.1) is 5.69 Å². The molecular weight excluding hydrogens is 228 g/mol. The zero-order valence-corrected chi connectivity index (χ0v) is 9.97. The van der Waals surface area contributed by atoms with Crippen LogP contribution in [0.3, 0.4) is 0 Å². The van der Waals surface area contributed by atoms with E-state index in [1.165, 1.54) is 6.07 Å². The lowest BCUT2D eigenvalue weighted by Crippen LogP contribution is -2.23. The SMILES string of the molecule is O=c1cc(-c2cccnc2)nc(N2CCCC2)[nH]1. The highest BCUT2D eigenvalue weighted by molar-refractivity contribution is 5.58. The van der Waals surface area contributed by atoms with Crippen LogP contribution in [-0.4, -0.2) is 28.0 Å². The van der Waals surface area contributed by atoms with Crippen molar-refractivity contribution in [2.24, 2.45) is 0 Å². The van der Waals surface area contributed by atoms with Crippen LogP contribution in [0.25, 0.3) is 11.3 Å². The highest BCUT2D eigenvalue weighted by Crippen LogP contribution is 2.18. The molecule has 0 aliphatic carbocycles. The lowest BCUT2D eigenvalue weighted by atomic mass is 10.2. The molecule has 0 unspecified atom stereocenters. The molecule has 1 fully saturated rings. The molecule has 92 valence electrons. The summed E-state index contributed by atoms with van der Waals surface area (Å²) in [5.41, 5.74) is 1.42. The van der Waals surface area contributed by atoms with E-state index in [-0.39, 0.29) is 5.56 Å². The van der Waals surface area contributed by atoms with E-state index >= 15 is 0 Å². The van der Waals surface area contributed by atoms with E-state index in [0.29, 0.717) is 11.6 Å². The maximum atomic E-state index is 11.7. The summed E-state index contributed by atoms with van der Waals surface area (Å²) in [7, 11) is 0. The Morgan fingerprint density at radius 1 is 1.28 bits per heavy atom. The van der Waals surface area contributed by atoms with E-state index in [9.17, 15) is 4.79 Å². The Hall–Kier alpha value is -2.17. The van der Waals surface area contributed by atoms with Gasteiger partial charge < -0.3 is 4.90 Å². The van der Waals surface area contributed by atoms with Crippen LogP contribution in [0, 0.1) is 0 Å². The fraction of sp³-hybridized carbons (Fsp3) is 0.308. The molecule has 18 heavy (non-hydrogen) atoms. The smallest absolute Gasteiger partial charge is 0.252 e. The Morgan fingerprint density at radius 2 is 2.11 bits per heavy atom. The van der Waals surface area contributed by atoms with E-state index in [4.69, 9.17) is 0 Å². The number of anilines is 1. The lowest BCUT2D eigenvalue weighted by Gasteiger charge is -2.16. The molecule has 3 rings (SSSR count). The second-order valence-corrected chi connectivity index (χ2v) is 4.39. The van der Waals surface area contributed by atoms with Crippen molar-refractivity contribution in [3.8, 4) is 11.3 Å². The molecule has 3 heterocycles. The summed E-state index contributed by atoms with van der Waals surface area (Å²) in [6.07, 6.45) is 5.73. The molecule has 0 bridgehead atoms. The summed E-state index contributed by atoms with van der Waals surface area (Å²) in [6.45, 7) is 1.92. The average molecular weight is 242 g/mol. The van der Waals surface area contributed by atoms with Crippen molar-refractivity contribution in [3.05, 3.63) is 40.9 Å². The highest BCUT2D eigenvalue weighted by atomic mass is 16.1. The number of aromatic amines is 1. The predicted molar refractivity (Wildman–Crippen MR) is 69.5 cm³/mol. The minimum absolute atomic E-state index is 0.120. The topological polar surface area (TPSA) is 61.9 Å². The van der Waals surface area contributed by atoms with Crippen LogP contribution in [-0.2, 0) is 0 Å². The summed E-state index contributed by atoms with van der Waals surface area (Å²) < 4.78 is 0. The van der Waals surface area contributed by atoms with Crippen LogP contribution >= 0.6 is 0 Å². The summed E-state index contributed by atoms with van der Waals surface area (Å²) in [6, 6.07) is 5.26. The van der Waals surface area contributed by atoms with Gasteiger partial charge in [-0.1, -0.05) is 0 Å². The average Bonchev–Trinajstić information content (AvgIpc) is 2.93. The van der Waals surface area contributed by atoms with Gasteiger partial charge in [0.1, 0.15) is 0 Å². The van der Waals surface area contributed by atoms with Gasteiger partial charge in [-0.2, -0.15) is 0 Å². The van der Waals surface area contributed by atoms with E-state index < -0.39 is 0 Å². The van der Waals surface area contributed by atoms with Gasteiger partial charge in [-0.25, -0.2) is 4.98 Å². The molecule has 5 nitrogen and oxygen atoms in total. The molecule has 0 spiro atoms. The van der Waals surface area contributed by atoms with Gasteiger partial charge in [-0.05, 0) is 25.0 Å². The zero-order valence-electron chi connectivity index (χ0n) is 9.97. The number of rotatable bonds is 2. The quantitative estimate of drug-likeness (QED) is 0.865. The van der Waals surface area contributed by atoms with Crippen LogP contribution < -0.4 is 10.5 Å². The third-order valence-electron chi connectivity index (χ3n) is 3.09. The molecule has 1 saturated heterocycles. The Balaban J connectivity index is 2.03. The van der Waals surface area contributed by atoms with Gasteiger partial charge in [0.15, 0.2) is 0 Å². The van der Waals surface area contributed by atoms with Crippen LogP contribution in [0.4, 0.5) is 5.95 Å². The largest absolute Gasteiger partial charge is 0.342 e. The molecule has 1 aliphatic heterocycles. The summed E-state index contributed by atoms with van der Waals surface area (Å²) >= 11 is 0. The number of H-pyrrole nitrogens is 1. The summed E-state index contributed by atoms with van der Waals surface area (Å²) in [4.78, 5) is 25.2. The van der Waals surface area contributed by atoms with Crippen molar-refractivity contribution >= 4 is 5.95 Å². The van der Waals surface area contributed by atoms with Crippen LogP contribution in [0.5, 0.6) is 0 Å². The third-order valence-corrected chi connectivity index (χ3v) is 3.09. The van der Waals surface area contributed by atoms with Crippen molar-refractivity contribution in [2.75, 3.05) is 18.0 Å². The maximum absolute atomic E-state index is 11.7. The van der Waals surface area contributed by atoms with E-state index in [0.717, 1.165) is 31.5 Å². The first-order chi connectivity index (χ1) is 8.83. The standard InChI is InChI=1S/C13H14N4O/c18-12-8-11(10-4-3-5-14-9-10)15-13(16-12)17-6-1-2-7-17/h3-5,8-9H,1-2,6-7H2,(H,15,16,18). The van der Waals surface area contributed by atoms with Gasteiger partial charge in [0.2, 0.25) is 5.95 Å². The Bertz CT molecular complexity index is 587. The zero-order chi connectivity index (χ0) is 12.4. The van der Waals surface area contributed by atoms with Crippen molar-refractivity contribution in [1.82, 2.24) is 15.0 Å². The monoisotopic (exact) mass is 242 g/mol. The van der Waals surface area contributed by atoms with Gasteiger partial charge in [0.25, 0.3) is 5.56 Å². The molecule has 2 aromatic heterocycles. The molecule has 5 heteroatoms. The van der Waals surface area contributed by atoms with Gasteiger partial charge >= 0.3 is 0 Å². The molecule has 0 amide bonds. The number of nitrogens with one attached hydrogen (secondary N) is 1. The second-order valence-electron chi connectivity index (χ2n) is 4.39. The van der Waals surface area contributed by atoms with Crippen molar-refractivity contribution in [3.63, 3.8) is 0 Å². The Labute approximate surface area is 105 Å². The first-order valence-corrected chi connectivity index (χ1v) is 6.10. The molecule has 0 radical (unpaired) electrons. The Morgan fingerprint density at radius 3 is 2.83 bits per heavy atom. The van der Waals surface area contributed by atoms with Crippen LogP contribution in [0.15, 0.2) is 35.4 Å². The Kier molecular flexibility index (Phi) is 2.80. The number of pyridine rings is 1. The minimum atomic E-state index is -0.120. The van der Waals surface area contributed by atoms with Gasteiger partial charge in [-0.3, -0.25) is 14.8 Å². The maximum Gasteiger partial charge on any atom is 0.252 e. The first-order valence-electron chi connectivity index (χ1n) is 6.10.